The number of hydrogen-bond acceptors (Lipinski definition) is 2. The minimum absolute atomic E-state index is 0.249. The van der Waals surface area contributed by atoms with Crippen molar-refractivity contribution in [2.24, 2.45) is 5.41 Å². The lowest BCUT2D eigenvalue weighted by molar-refractivity contribution is 0.375. The molecule has 0 aromatic heterocycles. The zero-order chi connectivity index (χ0) is 14.8. The fourth-order valence-corrected chi connectivity index (χ4v) is 2.83. The van der Waals surface area contributed by atoms with E-state index in [1.165, 1.54) is 10.9 Å². The standard InChI is InChI=1S/C18H21NO/c1-5-17(18(2,3)12-19)15-7-6-14-11-16(20-4)9-8-13(14)10-15/h6-11,17H,5H2,1-4H3/t17-/m1/s1. The van der Waals surface area contributed by atoms with E-state index >= 15 is 0 Å². The second-order valence-electron chi connectivity index (χ2n) is 5.77. The summed E-state index contributed by atoms with van der Waals surface area (Å²) >= 11 is 0. The second kappa shape index (κ2) is 5.54. The van der Waals surface area contributed by atoms with E-state index in [1.807, 2.05) is 26.0 Å². The van der Waals surface area contributed by atoms with Crippen molar-refractivity contribution in [1.82, 2.24) is 0 Å². The summed E-state index contributed by atoms with van der Waals surface area (Å²) in [6.07, 6.45) is 0.961. The van der Waals surface area contributed by atoms with Crippen LogP contribution in [0.4, 0.5) is 0 Å². The molecule has 104 valence electrons. The van der Waals surface area contributed by atoms with Crippen LogP contribution in [0.2, 0.25) is 0 Å². The number of ether oxygens (including phenoxy) is 1. The molecule has 0 heterocycles. The molecule has 0 amide bonds. The number of methoxy groups -OCH3 is 1. The first-order valence-corrected chi connectivity index (χ1v) is 7.00. The summed E-state index contributed by atoms with van der Waals surface area (Å²) in [7, 11) is 1.68. The van der Waals surface area contributed by atoms with Crippen LogP contribution < -0.4 is 4.74 Å². The number of fused-ring (bicyclic) bond motifs is 1. The number of rotatable bonds is 4. The third kappa shape index (κ3) is 2.63. The van der Waals surface area contributed by atoms with Gasteiger partial charge in [-0.05, 0) is 48.7 Å². The largest absolute Gasteiger partial charge is 0.497 e. The highest BCUT2D eigenvalue weighted by molar-refractivity contribution is 5.84. The molecule has 0 saturated heterocycles. The second-order valence-corrected chi connectivity index (χ2v) is 5.77. The van der Waals surface area contributed by atoms with Crippen LogP contribution in [-0.2, 0) is 0 Å². The van der Waals surface area contributed by atoms with Crippen LogP contribution in [0.1, 0.15) is 38.7 Å². The predicted octanol–water partition coefficient (Wildman–Crippen LogP) is 4.89. The summed E-state index contributed by atoms with van der Waals surface area (Å²) in [6.45, 7) is 6.17. The highest BCUT2D eigenvalue weighted by atomic mass is 16.5. The highest BCUT2D eigenvalue weighted by Crippen LogP contribution is 2.38. The van der Waals surface area contributed by atoms with Gasteiger partial charge in [0.05, 0.1) is 18.6 Å². The Balaban J connectivity index is 2.48. The lowest BCUT2D eigenvalue weighted by atomic mass is 9.74. The van der Waals surface area contributed by atoms with Gasteiger partial charge in [0.15, 0.2) is 0 Å². The molecular formula is C18H21NO. The summed E-state index contributed by atoms with van der Waals surface area (Å²) in [5.41, 5.74) is 0.881. The molecule has 0 bridgehead atoms. The molecule has 0 spiro atoms. The Morgan fingerprint density at radius 3 is 2.40 bits per heavy atom. The van der Waals surface area contributed by atoms with E-state index in [2.05, 4.69) is 37.3 Å². The van der Waals surface area contributed by atoms with Gasteiger partial charge in [0.2, 0.25) is 0 Å². The molecule has 0 N–H and O–H groups in total. The van der Waals surface area contributed by atoms with Gasteiger partial charge in [0.25, 0.3) is 0 Å². The number of benzene rings is 2. The van der Waals surface area contributed by atoms with Crippen LogP contribution in [-0.4, -0.2) is 7.11 Å². The molecule has 0 aliphatic carbocycles. The van der Waals surface area contributed by atoms with Gasteiger partial charge in [-0.15, -0.1) is 0 Å². The first kappa shape index (κ1) is 14.4. The first-order valence-electron chi connectivity index (χ1n) is 7.00. The highest BCUT2D eigenvalue weighted by Gasteiger charge is 2.29. The van der Waals surface area contributed by atoms with Crippen LogP contribution in [0, 0.1) is 16.7 Å². The minimum Gasteiger partial charge on any atom is -0.497 e. The molecule has 2 aromatic carbocycles. The Labute approximate surface area is 121 Å². The maximum absolute atomic E-state index is 9.37. The molecule has 2 aromatic rings. The fourth-order valence-electron chi connectivity index (χ4n) is 2.83. The molecule has 0 aliphatic heterocycles. The molecule has 0 radical (unpaired) electrons. The van der Waals surface area contributed by atoms with E-state index in [-0.39, 0.29) is 11.3 Å². The van der Waals surface area contributed by atoms with Gasteiger partial charge in [-0.1, -0.05) is 31.2 Å². The topological polar surface area (TPSA) is 33.0 Å². The Morgan fingerprint density at radius 1 is 1.15 bits per heavy atom. The normalized spacial score (nSPS) is 12.9. The van der Waals surface area contributed by atoms with Crippen LogP contribution >= 0.6 is 0 Å². The monoisotopic (exact) mass is 267 g/mol. The van der Waals surface area contributed by atoms with Crippen molar-refractivity contribution in [2.75, 3.05) is 7.11 Å². The minimum atomic E-state index is -0.352. The van der Waals surface area contributed by atoms with Gasteiger partial charge >= 0.3 is 0 Å². The summed E-state index contributed by atoms with van der Waals surface area (Å²) in [6, 6.07) is 15.0. The van der Waals surface area contributed by atoms with Gasteiger partial charge < -0.3 is 4.74 Å². The zero-order valence-corrected chi connectivity index (χ0v) is 12.6. The molecule has 2 heteroatoms. The van der Waals surface area contributed by atoms with Crippen molar-refractivity contribution in [3.63, 3.8) is 0 Å². The SMILES string of the molecule is CC[C@H](c1ccc2cc(OC)ccc2c1)C(C)(C)C#N. The van der Waals surface area contributed by atoms with Gasteiger partial charge in [-0.3, -0.25) is 0 Å². The van der Waals surface area contributed by atoms with Crippen molar-refractivity contribution in [1.29, 1.82) is 5.26 Å². The molecule has 1 atom stereocenters. The van der Waals surface area contributed by atoms with E-state index in [1.54, 1.807) is 7.11 Å². The quantitative estimate of drug-likeness (QED) is 0.790. The molecule has 20 heavy (non-hydrogen) atoms. The third-order valence-electron chi connectivity index (χ3n) is 4.04. The zero-order valence-electron chi connectivity index (χ0n) is 12.6. The number of nitrogens with zero attached hydrogens (tertiary/aromatic N) is 1. The van der Waals surface area contributed by atoms with E-state index in [0.717, 1.165) is 17.6 Å². The van der Waals surface area contributed by atoms with E-state index in [0.29, 0.717) is 0 Å². The summed E-state index contributed by atoms with van der Waals surface area (Å²) in [5.74, 6) is 1.12. The van der Waals surface area contributed by atoms with Crippen molar-refractivity contribution in [3.05, 3.63) is 42.0 Å². The molecule has 0 unspecified atom stereocenters. The Bertz CT molecular complexity index is 652. The number of hydrogen-bond donors (Lipinski definition) is 0. The van der Waals surface area contributed by atoms with Crippen molar-refractivity contribution >= 4 is 10.8 Å². The molecule has 0 fully saturated rings. The van der Waals surface area contributed by atoms with Gasteiger partial charge in [-0.2, -0.15) is 5.26 Å². The Hall–Kier alpha value is -2.01. The average molecular weight is 267 g/mol. The molecule has 0 saturated carbocycles. The van der Waals surface area contributed by atoms with Gasteiger partial charge in [0.1, 0.15) is 5.75 Å². The number of nitriles is 1. The maximum atomic E-state index is 9.37. The molecule has 2 rings (SSSR count). The van der Waals surface area contributed by atoms with Crippen LogP contribution in [0.5, 0.6) is 5.75 Å². The summed E-state index contributed by atoms with van der Waals surface area (Å²) < 4.78 is 5.25. The fraction of sp³-hybridized carbons (Fsp3) is 0.389. The van der Waals surface area contributed by atoms with Crippen molar-refractivity contribution in [3.8, 4) is 11.8 Å². The van der Waals surface area contributed by atoms with Crippen LogP contribution in [0.15, 0.2) is 36.4 Å². The average Bonchev–Trinajstić information content (AvgIpc) is 2.47. The maximum Gasteiger partial charge on any atom is 0.119 e. The van der Waals surface area contributed by atoms with E-state index < -0.39 is 0 Å². The lowest BCUT2D eigenvalue weighted by Crippen LogP contribution is -2.19. The van der Waals surface area contributed by atoms with Crippen molar-refractivity contribution < 1.29 is 4.74 Å². The van der Waals surface area contributed by atoms with Crippen LogP contribution in [0.25, 0.3) is 10.8 Å². The van der Waals surface area contributed by atoms with Crippen LogP contribution in [0.3, 0.4) is 0 Å². The first-order chi connectivity index (χ1) is 9.51. The van der Waals surface area contributed by atoms with Crippen molar-refractivity contribution in [2.45, 2.75) is 33.1 Å². The predicted molar refractivity (Wildman–Crippen MR) is 82.9 cm³/mol. The molecule has 2 nitrogen and oxygen atoms in total. The van der Waals surface area contributed by atoms with E-state index in [4.69, 9.17) is 4.74 Å². The van der Waals surface area contributed by atoms with Gasteiger partial charge in [-0.25, -0.2) is 0 Å². The lowest BCUT2D eigenvalue weighted by Gasteiger charge is -2.27. The Morgan fingerprint density at radius 2 is 1.80 bits per heavy atom. The van der Waals surface area contributed by atoms with Gasteiger partial charge in [0, 0.05) is 5.92 Å². The van der Waals surface area contributed by atoms with E-state index in [9.17, 15) is 5.26 Å². The smallest absolute Gasteiger partial charge is 0.119 e. The Kier molecular flexibility index (Phi) is 3.99. The molecular weight excluding hydrogens is 246 g/mol. The molecule has 0 aliphatic rings. The third-order valence-corrected chi connectivity index (χ3v) is 4.04. The summed E-state index contributed by atoms with van der Waals surface area (Å²) in [4.78, 5) is 0. The summed E-state index contributed by atoms with van der Waals surface area (Å²) in [5, 5.41) is 11.7.